The fraction of sp³-hybridized carbons (Fsp3) is 0.609. The Hall–Kier alpha value is -2.67. The van der Waals surface area contributed by atoms with E-state index in [9.17, 15) is 19.8 Å². The molecule has 3 aliphatic rings. The van der Waals surface area contributed by atoms with E-state index in [1.54, 1.807) is 30.1 Å². The Morgan fingerprint density at radius 3 is 2.56 bits per heavy atom. The predicted molar refractivity (Wildman–Crippen MR) is 116 cm³/mol. The summed E-state index contributed by atoms with van der Waals surface area (Å²) in [6.45, 7) is 4.81. The van der Waals surface area contributed by atoms with Crippen molar-refractivity contribution in [3.8, 4) is 11.8 Å². The Balaban J connectivity index is 1.58. The maximum atomic E-state index is 12.6. The number of carboxylic acids is 1. The van der Waals surface area contributed by atoms with E-state index in [1.165, 1.54) is 0 Å². The highest BCUT2D eigenvalue weighted by Crippen LogP contribution is 2.40. The van der Waals surface area contributed by atoms with Crippen LogP contribution in [0.15, 0.2) is 18.2 Å². The molecule has 0 radical (unpaired) electrons. The Morgan fingerprint density at radius 1 is 1.22 bits per heavy atom. The van der Waals surface area contributed by atoms with Crippen molar-refractivity contribution in [3.63, 3.8) is 0 Å². The number of hydrazine groups is 1. The number of primary amides is 1. The molecule has 3 atom stereocenters. The van der Waals surface area contributed by atoms with Gasteiger partial charge in [-0.05, 0) is 69.0 Å². The summed E-state index contributed by atoms with van der Waals surface area (Å²) in [6.07, 6.45) is 2.69. The number of fused-ring (bicyclic) bond motifs is 1. The number of aliphatic carboxylic acids is 1. The van der Waals surface area contributed by atoms with Crippen molar-refractivity contribution in [1.82, 2.24) is 14.9 Å². The summed E-state index contributed by atoms with van der Waals surface area (Å²) in [4.78, 5) is 27.2. The van der Waals surface area contributed by atoms with Gasteiger partial charge in [-0.25, -0.2) is 10.0 Å². The normalized spacial score (nSPS) is 30.0. The molecule has 0 spiro atoms. The number of hydrogen-bond acceptors (Lipinski definition) is 7. The van der Waals surface area contributed by atoms with Crippen molar-refractivity contribution in [2.45, 2.75) is 50.7 Å². The maximum absolute atomic E-state index is 12.6. The van der Waals surface area contributed by atoms with Crippen molar-refractivity contribution in [1.29, 1.82) is 5.26 Å². The zero-order valence-electron chi connectivity index (χ0n) is 18.4. The van der Waals surface area contributed by atoms with E-state index >= 15 is 0 Å². The zero-order chi connectivity index (χ0) is 23.0. The van der Waals surface area contributed by atoms with Crippen LogP contribution in [0, 0.1) is 23.2 Å². The molecule has 2 fully saturated rings. The molecule has 9 heteroatoms. The van der Waals surface area contributed by atoms with Crippen molar-refractivity contribution in [2.75, 3.05) is 26.2 Å². The average molecular weight is 442 g/mol. The lowest BCUT2D eigenvalue weighted by Crippen LogP contribution is -2.65. The second-order valence-electron chi connectivity index (χ2n) is 9.44. The van der Waals surface area contributed by atoms with Gasteiger partial charge in [0.15, 0.2) is 0 Å². The largest absolute Gasteiger partial charge is 0.508 e. The molecule has 0 aliphatic carbocycles. The van der Waals surface area contributed by atoms with Crippen molar-refractivity contribution >= 4 is 11.9 Å². The van der Waals surface area contributed by atoms with Gasteiger partial charge in [-0.1, -0.05) is 6.07 Å². The number of hydrogen-bond donors (Lipinski definition) is 3. The van der Waals surface area contributed by atoms with Crippen LogP contribution in [0.4, 0.5) is 0 Å². The van der Waals surface area contributed by atoms with Gasteiger partial charge in [0.05, 0.1) is 6.07 Å². The Bertz CT molecular complexity index is 939. The molecule has 3 aliphatic heterocycles. The number of benzene rings is 1. The molecular formula is C23H31N5O4. The van der Waals surface area contributed by atoms with Crippen LogP contribution in [0.25, 0.3) is 0 Å². The van der Waals surface area contributed by atoms with Crippen LogP contribution < -0.4 is 5.73 Å². The molecule has 1 aromatic rings. The molecule has 0 aromatic heterocycles. The molecule has 0 bridgehead atoms. The maximum Gasteiger partial charge on any atom is 0.325 e. The number of amides is 1. The molecule has 9 nitrogen and oxygen atoms in total. The molecule has 1 amide bonds. The SMILES string of the molecule is C[C@@]1(C(=O)O)[C@H](CN2CCC(C#N)CC2)CCN1N1Cc2cc(O)ccc2C[C@@H]1C(N)=O. The Morgan fingerprint density at radius 2 is 1.94 bits per heavy atom. The number of nitrogens with two attached hydrogens (primary N) is 1. The lowest BCUT2D eigenvalue weighted by Gasteiger charge is -2.47. The zero-order valence-corrected chi connectivity index (χ0v) is 18.4. The van der Waals surface area contributed by atoms with E-state index in [-0.39, 0.29) is 17.6 Å². The second-order valence-corrected chi connectivity index (χ2v) is 9.44. The molecule has 1 aromatic carbocycles. The molecule has 3 heterocycles. The lowest BCUT2D eigenvalue weighted by molar-refractivity contribution is -0.178. The average Bonchev–Trinajstić information content (AvgIpc) is 3.10. The highest BCUT2D eigenvalue weighted by molar-refractivity contribution is 5.81. The summed E-state index contributed by atoms with van der Waals surface area (Å²) in [7, 11) is 0. The molecule has 4 rings (SSSR count). The van der Waals surface area contributed by atoms with Gasteiger partial charge >= 0.3 is 5.97 Å². The molecule has 172 valence electrons. The number of aromatic hydroxyl groups is 1. The minimum atomic E-state index is -1.19. The summed E-state index contributed by atoms with van der Waals surface area (Å²) in [5.41, 5.74) is 6.38. The molecule has 0 unspecified atom stereocenters. The third-order valence-corrected chi connectivity index (χ3v) is 7.64. The van der Waals surface area contributed by atoms with Gasteiger partial charge in [0, 0.05) is 31.5 Å². The second kappa shape index (κ2) is 8.70. The quantitative estimate of drug-likeness (QED) is 0.614. The molecule has 0 saturated carbocycles. The van der Waals surface area contributed by atoms with E-state index in [2.05, 4.69) is 11.0 Å². The summed E-state index contributed by atoms with van der Waals surface area (Å²) in [5, 5.41) is 33.0. The highest BCUT2D eigenvalue weighted by atomic mass is 16.4. The topological polar surface area (TPSA) is 134 Å². The third-order valence-electron chi connectivity index (χ3n) is 7.64. The van der Waals surface area contributed by atoms with Crippen molar-refractivity contribution in [2.24, 2.45) is 17.6 Å². The number of rotatable bonds is 5. The third kappa shape index (κ3) is 3.94. The Kier molecular flexibility index (Phi) is 6.12. The molecule has 2 saturated heterocycles. The van der Waals surface area contributed by atoms with Gasteiger partial charge in [-0.2, -0.15) is 5.26 Å². The van der Waals surface area contributed by atoms with Gasteiger partial charge in [0.2, 0.25) is 5.91 Å². The van der Waals surface area contributed by atoms with Crippen molar-refractivity contribution < 1.29 is 19.8 Å². The van der Waals surface area contributed by atoms with E-state index in [4.69, 9.17) is 11.0 Å². The minimum Gasteiger partial charge on any atom is -0.508 e. The van der Waals surface area contributed by atoms with Gasteiger partial charge in [0.25, 0.3) is 0 Å². The van der Waals surface area contributed by atoms with Gasteiger partial charge in [-0.3, -0.25) is 9.59 Å². The van der Waals surface area contributed by atoms with Crippen molar-refractivity contribution in [3.05, 3.63) is 29.3 Å². The number of likely N-dealkylation sites (tertiary alicyclic amines) is 1. The molecular weight excluding hydrogens is 410 g/mol. The lowest BCUT2D eigenvalue weighted by atomic mass is 9.85. The smallest absolute Gasteiger partial charge is 0.325 e. The summed E-state index contributed by atoms with van der Waals surface area (Å²) < 4.78 is 0. The monoisotopic (exact) mass is 441 g/mol. The van der Waals surface area contributed by atoms with Crippen LogP contribution in [0.1, 0.15) is 37.3 Å². The number of phenolic OH excluding ortho intramolecular Hbond substituents is 1. The summed E-state index contributed by atoms with van der Waals surface area (Å²) >= 11 is 0. The van der Waals surface area contributed by atoms with E-state index in [1.807, 2.05) is 5.01 Å². The summed E-state index contributed by atoms with van der Waals surface area (Å²) in [5.74, 6) is -1.31. The molecule has 32 heavy (non-hydrogen) atoms. The molecule has 4 N–H and O–H groups in total. The number of carbonyl (C=O) groups excluding carboxylic acids is 1. The van der Waals surface area contributed by atoms with Gasteiger partial charge in [0.1, 0.15) is 17.3 Å². The first kappa shape index (κ1) is 22.5. The fourth-order valence-corrected chi connectivity index (χ4v) is 5.57. The predicted octanol–water partition coefficient (Wildman–Crippen LogP) is 0.920. The van der Waals surface area contributed by atoms with E-state index in [0.29, 0.717) is 32.5 Å². The number of carboxylic acid groups (broad SMARTS) is 1. The van der Waals surface area contributed by atoms with Crippen LogP contribution in [0.5, 0.6) is 5.75 Å². The van der Waals surface area contributed by atoms with Gasteiger partial charge in [-0.15, -0.1) is 0 Å². The van der Waals surface area contributed by atoms with Crippen LogP contribution in [-0.4, -0.2) is 74.8 Å². The highest BCUT2D eigenvalue weighted by Gasteiger charge is 2.55. The van der Waals surface area contributed by atoms with E-state index in [0.717, 1.165) is 37.1 Å². The van der Waals surface area contributed by atoms with Gasteiger partial charge < -0.3 is 20.8 Å². The van der Waals surface area contributed by atoms with Crippen LogP contribution >= 0.6 is 0 Å². The van der Waals surface area contributed by atoms with Crippen LogP contribution in [0.2, 0.25) is 0 Å². The number of nitriles is 1. The Labute approximate surface area is 188 Å². The number of phenols is 1. The first-order chi connectivity index (χ1) is 15.2. The standard InChI is InChI=1S/C23H31N5O4/c1-23(22(31)32)18(14-26-7-4-15(12-24)5-8-26)6-9-28(23)27-13-17-10-19(29)3-2-16(17)11-20(27)21(25)30/h2-3,10,15,18,20,29H,4-9,11,13-14H2,1H3,(H2,25,30)(H,31,32)/t18-,20+,23-/m0/s1. The first-order valence-electron chi connectivity index (χ1n) is 11.2. The first-order valence-corrected chi connectivity index (χ1v) is 11.2. The van der Waals surface area contributed by atoms with Crippen LogP contribution in [0.3, 0.4) is 0 Å². The fourth-order valence-electron chi connectivity index (χ4n) is 5.57. The van der Waals surface area contributed by atoms with Crippen LogP contribution in [-0.2, 0) is 22.6 Å². The minimum absolute atomic E-state index is 0.0818. The van der Waals surface area contributed by atoms with E-state index < -0.39 is 23.5 Å². The number of nitrogens with zero attached hydrogens (tertiary/aromatic N) is 4. The number of piperidine rings is 1. The summed E-state index contributed by atoms with van der Waals surface area (Å²) in [6, 6.07) is 6.75. The number of carbonyl (C=O) groups is 2.